The van der Waals surface area contributed by atoms with Crippen molar-refractivity contribution in [2.45, 2.75) is 26.3 Å². The zero-order valence-electron chi connectivity index (χ0n) is 24.0. The van der Waals surface area contributed by atoms with Gasteiger partial charge in [-0.25, -0.2) is 4.79 Å². The summed E-state index contributed by atoms with van der Waals surface area (Å²) in [5, 5.41) is 17.8. The van der Waals surface area contributed by atoms with Gasteiger partial charge in [-0.3, -0.25) is 19.3 Å². The van der Waals surface area contributed by atoms with Crippen LogP contribution < -0.4 is 25.6 Å². The van der Waals surface area contributed by atoms with Gasteiger partial charge in [0.1, 0.15) is 5.75 Å². The number of aryl methyl sites for hydroxylation is 1. The van der Waals surface area contributed by atoms with Gasteiger partial charge in [0.25, 0.3) is 5.91 Å². The van der Waals surface area contributed by atoms with Crippen LogP contribution in [0.15, 0.2) is 97.1 Å². The van der Waals surface area contributed by atoms with Gasteiger partial charge in [0.2, 0.25) is 5.91 Å². The van der Waals surface area contributed by atoms with Crippen molar-refractivity contribution in [1.29, 1.82) is 0 Å². The number of carbonyl (C=O) groups is 4. The first-order valence-corrected chi connectivity index (χ1v) is 13.5. The Morgan fingerprint density at radius 1 is 0.814 bits per heavy atom. The molecule has 0 radical (unpaired) electrons. The average molecular weight is 581 g/mol. The summed E-state index contributed by atoms with van der Waals surface area (Å²) >= 11 is 0. The number of urea groups is 1. The van der Waals surface area contributed by atoms with Crippen LogP contribution >= 0.6 is 0 Å². The van der Waals surface area contributed by atoms with Crippen LogP contribution in [-0.2, 0) is 9.59 Å². The Hall–Kier alpha value is -5.64. The smallest absolute Gasteiger partial charge is 0.323 e. The molecule has 4 amide bonds. The van der Waals surface area contributed by atoms with Crippen molar-refractivity contribution in [1.82, 2.24) is 5.32 Å². The molecule has 10 heteroatoms. The van der Waals surface area contributed by atoms with Crippen molar-refractivity contribution in [3.63, 3.8) is 0 Å². The van der Waals surface area contributed by atoms with E-state index in [1.165, 1.54) is 18.9 Å². The minimum atomic E-state index is -1.07. The number of benzene rings is 4. The molecule has 0 heterocycles. The summed E-state index contributed by atoms with van der Waals surface area (Å²) < 4.78 is 5.51. The second-order valence-corrected chi connectivity index (χ2v) is 9.71. The fourth-order valence-corrected chi connectivity index (χ4v) is 4.54. The number of carboxylic acid groups (broad SMARTS) is 1. The lowest BCUT2D eigenvalue weighted by atomic mass is 10.0. The summed E-state index contributed by atoms with van der Waals surface area (Å²) in [6.45, 7) is 3.30. The van der Waals surface area contributed by atoms with E-state index in [9.17, 15) is 24.3 Å². The number of hydrogen-bond acceptors (Lipinski definition) is 5. The Morgan fingerprint density at radius 2 is 1.44 bits per heavy atom. The molecule has 0 fully saturated rings. The minimum absolute atomic E-state index is 0.285. The number of hydrogen-bond donors (Lipinski definition) is 4. The third-order valence-corrected chi connectivity index (χ3v) is 6.67. The van der Waals surface area contributed by atoms with E-state index >= 15 is 0 Å². The summed E-state index contributed by atoms with van der Waals surface area (Å²) in [7, 11) is 1.46. The molecule has 1 unspecified atom stereocenters. The molecule has 0 aliphatic heterocycles. The number of nitrogens with zero attached hydrogens (tertiary/aromatic N) is 1. The van der Waals surface area contributed by atoms with Crippen LogP contribution in [0.25, 0.3) is 0 Å². The predicted octanol–water partition coefficient (Wildman–Crippen LogP) is 6.28. The van der Waals surface area contributed by atoms with E-state index in [4.69, 9.17) is 4.74 Å². The van der Waals surface area contributed by atoms with E-state index in [2.05, 4.69) is 16.0 Å². The second kappa shape index (κ2) is 13.8. The van der Waals surface area contributed by atoms with Gasteiger partial charge in [-0.15, -0.1) is 0 Å². The van der Waals surface area contributed by atoms with Crippen molar-refractivity contribution in [3.05, 3.63) is 114 Å². The zero-order valence-corrected chi connectivity index (χ0v) is 24.0. The number of carboxylic acids is 1. The van der Waals surface area contributed by atoms with Crippen molar-refractivity contribution < 1.29 is 29.0 Å². The molecular weight excluding hydrogens is 548 g/mol. The lowest BCUT2D eigenvalue weighted by molar-refractivity contribution is -0.137. The summed E-state index contributed by atoms with van der Waals surface area (Å²) in [5.41, 5.74) is 3.97. The van der Waals surface area contributed by atoms with E-state index in [0.717, 1.165) is 5.56 Å². The number of aliphatic carboxylic acids is 1. The molecule has 0 aromatic heterocycles. The molecule has 4 rings (SSSR count). The topological polar surface area (TPSA) is 137 Å². The maximum atomic E-state index is 12.8. The van der Waals surface area contributed by atoms with Gasteiger partial charge >= 0.3 is 12.0 Å². The number of rotatable bonds is 10. The molecule has 0 saturated heterocycles. The van der Waals surface area contributed by atoms with Crippen LogP contribution in [0.2, 0.25) is 0 Å². The highest BCUT2D eigenvalue weighted by Gasteiger charge is 2.21. The van der Waals surface area contributed by atoms with E-state index in [1.54, 1.807) is 78.9 Å². The molecule has 0 spiro atoms. The molecule has 4 aromatic rings. The van der Waals surface area contributed by atoms with Gasteiger partial charge in [-0.1, -0.05) is 48.5 Å². The monoisotopic (exact) mass is 580 g/mol. The van der Waals surface area contributed by atoms with Crippen molar-refractivity contribution in [2.75, 3.05) is 22.6 Å². The van der Waals surface area contributed by atoms with Crippen LogP contribution in [-0.4, -0.2) is 36.0 Å². The molecule has 0 saturated carbocycles. The average Bonchev–Trinajstić information content (AvgIpc) is 2.99. The number of carbonyl (C=O) groups excluding carboxylic acids is 3. The number of amides is 4. The van der Waals surface area contributed by atoms with E-state index in [0.29, 0.717) is 39.6 Å². The van der Waals surface area contributed by atoms with E-state index in [-0.39, 0.29) is 12.3 Å². The molecular formula is C33H32N4O6. The molecule has 0 bridgehead atoms. The molecule has 10 nitrogen and oxygen atoms in total. The number of methoxy groups -OCH3 is 1. The molecule has 43 heavy (non-hydrogen) atoms. The highest BCUT2D eigenvalue weighted by molar-refractivity contribution is 6.03. The van der Waals surface area contributed by atoms with Crippen LogP contribution in [0.3, 0.4) is 0 Å². The van der Waals surface area contributed by atoms with Crippen molar-refractivity contribution in [3.8, 4) is 5.75 Å². The molecule has 4 aromatic carbocycles. The first kappa shape index (κ1) is 30.3. The van der Waals surface area contributed by atoms with Crippen LogP contribution in [0.1, 0.15) is 40.9 Å². The Bertz CT molecular complexity index is 1620. The highest BCUT2D eigenvalue weighted by Crippen LogP contribution is 2.34. The Labute approximate surface area is 249 Å². The SMILES string of the molecule is COc1cc(N(C(C)=O)c2ccc(C(CC(=O)O)NC(=O)c3ccccc3)cc2)ccc1NC(=O)Nc1ccccc1C. The standard InChI is InChI=1S/C33H32N4O6/c1-21-9-7-8-12-27(21)35-33(42)36-28-18-17-26(19-30(28)43-3)37(22(2)38)25-15-13-23(14-16-25)29(20-31(39)40)34-32(41)24-10-5-4-6-11-24/h4-19,29H,20H2,1-3H3,(H,34,41)(H,39,40)(H2,35,36,42). The fourth-order valence-electron chi connectivity index (χ4n) is 4.54. The maximum Gasteiger partial charge on any atom is 0.323 e. The minimum Gasteiger partial charge on any atom is -0.494 e. The van der Waals surface area contributed by atoms with Gasteiger partial charge in [-0.2, -0.15) is 0 Å². The van der Waals surface area contributed by atoms with Crippen LogP contribution in [0.5, 0.6) is 5.75 Å². The maximum absolute atomic E-state index is 12.8. The molecule has 220 valence electrons. The summed E-state index contributed by atoms with van der Waals surface area (Å²) in [6.07, 6.45) is -0.322. The first-order valence-electron chi connectivity index (χ1n) is 13.5. The van der Waals surface area contributed by atoms with E-state index in [1.807, 2.05) is 25.1 Å². The van der Waals surface area contributed by atoms with Crippen molar-refractivity contribution in [2.24, 2.45) is 0 Å². The van der Waals surface area contributed by atoms with Crippen LogP contribution in [0, 0.1) is 6.92 Å². The number of ether oxygens (including phenoxy) is 1. The normalized spacial score (nSPS) is 11.1. The largest absolute Gasteiger partial charge is 0.494 e. The number of anilines is 4. The summed E-state index contributed by atoms with van der Waals surface area (Å²) in [4.78, 5) is 51.2. The zero-order chi connectivity index (χ0) is 30.9. The van der Waals surface area contributed by atoms with Gasteiger partial charge in [0.15, 0.2) is 0 Å². The Kier molecular flexibility index (Phi) is 9.74. The van der Waals surface area contributed by atoms with Gasteiger partial charge in [0, 0.05) is 29.9 Å². The lowest BCUT2D eigenvalue weighted by Crippen LogP contribution is -2.30. The van der Waals surface area contributed by atoms with Gasteiger partial charge in [0.05, 0.1) is 30.9 Å². The molecule has 1 atom stereocenters. The summed E-state index contributed by atoms with van der Waals surface area (Å²) in [5.74, 6) is -1.41. The molecule has 0 aliphatic carbocycles. The molecule has 0 aliphatic rings. The number of para-hydroxylation sites is 1. The third-order valence-electron chi connectivity index (χ3n) is 6.67. The molecule has 4 N–H and O–H groups in total. The first-order chi connectivity index (χ1) is 20.7. The number of nitrogens with one attached hydrogen (secondary N) is 3. The van der Waals surface area contributed by atoms with Gasteiger partial charge < -0.3 is 25.8 Å². The summed E-state index contributed by atoms with van der Waals surface area (Å²) in [6, 6.07) is 26.3. The fraction of sp³-hybridized carbons (Fsp3) is 0.152. The van der Waals surface area contributed by atoms with Gasteiger partial charge in [-0.05, 0) is 60.5 Å². The van der Waals surface area contributed by atoms with Crippen molar-refractivity contribution >= 4 is 46.6 Å². The van der Waals surface area contributed by atoms with E-state index < -0.39 is 23.9 Å². The highest BCUT2D eigenvalue weighted by atomic mass is 16.5. The second-order valence-electron chi connectivity index (χ2n) is 9.71. The quantitative estimate of drug-likeness (QED) is 0.174. The predicted molar refractivity (Wildman–Crippen MR) is 165 cm³/mol. The lowest BCUT2D eigenvalue weighted by Gasteiger charge is -2.24. The Morgan fingerprint density at radius 3 is 2.07 bits per heavy atom. The third kappa shape index (κ3) is 7.76. The Balaban J connectivity index is 1.54. The van der Waals surface area contributed by atoms with Crippen LogP contribution in [0.4, 0.5) is 27.5 Å².